The zero-order valence-corrected chi connectivity index (χ0v) is 15.3. The van der Waals surface area contributed by atoms with Crippen molar-refractivity contribution in [3.05, 3.63) is 41.9 Å². The van der Waals surface area contributed by atoms with Gasteiger partial charge in [0.25, 0.3) is 0 Å². The molecule has 0 amide bonds. The Balaban J connectivity index is 1.70. The minimum absolute atomic E-state index is 0.00268. The van der Waals surface area contributed by atoms with Gasteiger partial charge in [-0.2, -0.15) is 0 Å². The highest BCUT2D eigenvalue weighted by Gasteiger charge is 2.59. The van der Waals surface area contributed by atoms with E-state index in [0.29, 0.717) is 28.3 Å². The molecule has 0 unspecified atom stereocenters. The first kappa shape index (κ1) is 16.3. The molecule has 1 saturated heterocycles. The monoisotopic (exact) mass is 368 g/mol. The molecule has 7 nitrogen and oxygen atoms in total. The average molecular weight is 368 g/mol. The molecule has 2 aromatic heterocycles. The van der Waals surface area contributed by atoms with Crippen molar-refractivity contribution in [1.29, 1.82) is 0 Å². The second-order valence-electron chi connectivity index (χ2n) is 7.55. The lowest BCUT2D eigenvalue weighted by molar-refractivity contribution is -0.0683. The third kappa shape index (κ3) is 1.97. The van der Waals surface area contributed by atoms with Crippen molar-refractivity contribution in [2.45, 2.75) is 37.9 Å². The summed E-state index contributed by atoms with van der Waals surface area (Å²) in [4.78, 5) is 3.93. The van der Waals surface area contributed by atoms with Crippen LogP contribution in [-0.4, -0.2) is 26.9 Å². The van der Waals surface area contributed by atoms with E-state index >= 15 is 0 Å². The summed E-state index contributed by atoms with van der Waals surface area (Å²) in [6.45, 7) is 3.92. The lowest BCUT2D eigenvalue weighted by Crippen LogP contribution is -2.17. The zero-order chi connectivity index (χ0) is 19.0. The molecule has 0 spiro atoms. The summed E-state index contributed by atoms with van der Waals surface area (Å²) >= 11 is 0. The summed E-state index contributed by atoms with van der Waals surface area (Å²) in [5.74, 6) is 1.13. The maximum Gasteiger partial charge on any atom is 0.205 e. The number of rotatable bonds is 3. The Hall–Kier alpha value is -2.93. The predicted octanol–water partition coefficient (Wildman–Crippen LogP) is 3.81. The minimum atomic E-state index is -0.583. The van der Waals surface area contributed by atoms with Crippen LogP contribution in [0.4, 0.5) is 0 Å². The molecule has 27 heavy (non-hydrogen) atoms. The number of fused-ring (bicyclic) bond motifs is 5. The van der Waals surface area contributed by atoms with Crippen molar-refractivity contribution in [3.8, 4) is 34.5 Å². The van der Waals surface area contributed by atoms with E-state index in [2.05, 4.69) is 4.98 Å². The molecular formula is C20H20N2O5. The van der Waals surface area contributed by atoms with Gasteiger partial charge in [-0.25, -0.2) is 4.98 Å². The van der Waals surface area contributed by atoms with Gasteiger partial charge in [0.15, 0.2) is 12.2 Å². The predicted molar refractivity (Wildman–Crippen MR) is 96.2 cm³/mol. The highest BCUT2D eigenvalue weighted by atomic mass is 16.5. The second-order valence-corrected chi connectivity index (χ2v) is 7.55. The lowest BCUT2D eigenvalue weighted by Gasteiger charge is -2.21. The van der Waals surface area contributed by atoms with Crippen LogP contribution in [0.2, 0.25) is 0 Å². The van der Waals surface area contributed by atoms with Gasteiger partial charge in [0.05, 0.1) is 46.9 Å². The van der Waals surface area contributed by atoms with E-state index in [1.54, 1.807) is 25.4 Å². The molecule has 0 aliphatic carbocycles. The molecule has 1 fully saturated rings. The van der Waals surface area contributed by atoms with Gasteiger partial charge in [0, 0.05) is 6.07 Å². The van der Waals surface area contributed by atoms with Crippen LogP contribution >= 0.6 is 0 Å². The molecule has 3 aromatic rings. The van der Waals surface area contributed by atoms with Crippen LogP contribution in [0.3, 0.4) is 0 Å². The maximum absolute atomic E-state index is 11.0. The van der Waals surface area contributed by atoms with Crippen LogP contribution in [0.25, 0.3) is 17.0 Å². The van der Waals surface area contributed by atoms with Gasteiger partial charge in [-0.3, -0.25) is 4.57 Å². The first-order valence-electron chi connectivity index (χ1n) is 8.83. The maximum atomic E-state index is 11.0. The SMILES string of the molecule is COc1cc(-n2c(O)c3c(c2O)[C@]2(C)CC[C@@]3(C)O2)ccc1-c1cnco1. The number of oxazole rings is 1. The normalized spacial score (nSPS) is 25.7. The van der Waals surface area contributed by atoms with Crippen LogP contribution in [-0.2, 0) is 15.9 Å². The number of ether oxygens (including phenoxy) is 2. The van der Waals surface area contributed by atoms with Crippen molar-refractivity contribution < 1.29 is 24.1 Å². The Labute approximate surface area is 155 Å². The minimum Gasteiger partial charge on any atom is -0.496 e. The summed E-state index contributed by atoms with van der Waals surface area (Å²) in [5, 5.41) is 21.9. The summed E-state index contributed by atoms with van der Waals surface area (Å²) in [6, 6.07) is 5.36. The molecular weight excluding hydrogens is 348 g/mol. The summed E-state index contributed by atoms with van der Waals surface area (Å²) < 4.78 is 18.4. The molecule has 140 valence electrons. The highest BCUT2D eigenvalue weighted by molar-refractivity contribution is 5.69. The number of hydrogen-bond donors (Lipinski definition) is 2. The molecule has 5 rings (SSSR count). The van der Waals surface area contributed by atoms with E-state index in [0.717, 1.165) is 18.4 Å². The van der Waals surface area contributed by atoms with Gasteiger partial charge in [-0.1, -0.05) is 0 Å². The van der Waals surface area contributed by atoms with Gasteiger partial charge in [-0.05, 0) is 38.8 Å². The molecule has 2 aliphatic rings. The fourth-order valence-corrected chi connectivity index (χ4v) is 4.59. The van der Waals surface area contributed by atoms with Crippen LogP contribution in [0.1, 0.15) is 37.8 Å². The molecule has 0 radical (unpaired) electrons. The number of nitrogens with zero attached hydrogens (tertiary/aromatic N) is 2. The number of aromatic hydroxyl groups is 2. The first-order chi connectivity index (χ1) is 12.9. The highest BCUT2D eigenvalue weighted by Crippen LogP contribution is 2.64. The Morgan fingerprint density at radius 3 is 2.33 bits per heavy atom. The number of benzene rings is 1. The van der Waals surface area contributed by atoms with Gasteiger partial charge in [0.2, 0.25) is 11.8 Å². The number of methoxy groups -OCH3 is 1. The molecule has 2 N–H and O–H groups in total. The largest absolute Gasteiger partial charge is 0.496 e. The molecule has 2 aliphatic heterocycles. The topological polar surface area (TPSA) is 89.9 Å². The van der Waals surface area contributed by atoms with E-state index in [1.165, 1.54) is 11.0 Å². The van der Waals surface area contributed by atoms with Crippen molar-refractivity contribution in [1.82, 2.24) is 9.55 Å². The van der Waals surface area contributed by atoms with Gasteiger partial charge < -0.3 is 24.1 Å². The van der Waals surface area contributed by atoms with Crippen molar-refractivity contribution in [2.24, 2.45) is 0 Å². The Morgan fingerprint density at radius 1 is 1.11 bits per heavy atom. The Kier molecular flexibility index (Phi) is 3.05. The fourth-order valence-electron chi connectivity index (χ4n) is 4.59. The first-order valence-corrected chi connectivity index (χ1v) is 8.83. The van der Waals surface area contributed by atoms with Crippen LogP contribution in [0.15, 0.2) is 35.2 Å². The van der Waals surface area contributed by atoms with E-state index in [1.807, 2.05) is 19.9 Å². The second kappa shape index (κ2) is 5.07. The van der Waals surface area contributed by atoms with E-state index in [4.69, 9.17) is 13.9 Å². The molecule has 7 heteroatoms. The van der Waals surface area contributed by atoms with Gasteiger partial charge >= 0.3 is 0 Å². The standard InChI is InChI=1S/C20H20N2O5/c1-19-6-7-20(2,27-19)16-15(19)17(23)22(18(16)24)11-4-5-12(13(8-11)25-3)14-9-21-10-26-14/h4-5,8-10,23-24H,6-7H2,1-3H3/t19-,20+. The Bertz CT molecular complexity index is 1020. The van der Waals surface area contributed by atoms with Gasteiger partial charge in [0.1, 0.15) is 5.75 Å². The quantitative estimate of drug-likeness (QED) is 0.731. The number of aromatic nitrogens is 2. The Morgan fingerprint density at radius 2 is 1.78 bits per heavy atom. The summed E-state index contributed by atoms with van der Waals surface area (Å²) in [7, 11) is 1.56. The van der Waals surface area contributed by atoms with Crippen LogP contribution in [0.5, 0.6) is 17.5 Å². The number of hydrogen-bond acceptors (Lipinski definition) is 6. The molecule has 1 aromatic carbocycles. The lowest BCUT2D eigenvalue weighted by atomic mass is 9.80. The van der Waals surface area contributed by atoms with Crippen molar-refractivity contribution in [3.63, 3.8) is 0 Å². The summed E-state index contributed by atoms with van der Waals surface area (Å²) in [5.41, 5.74) is 1.51. The van der Waals surface area contributed by atoms with E-state index < -0.39 is 11.2 Å². The molecule has 2 atom stereocenters. The van der Waals surface area contributed by atoms with Crippen molar-refractivity contribution in [2.75, 3.05) is 7.11 Å². The van der Waals surface area contributed by atoms with Gasteiger partial charge in [-0.15, -0.1) is 0 Å². The molecule has 0 saturated carbocycles. The third-order valence-electron chi connectivity index (χ3n) is 5.85. The molecule has 2 bridgehead atoms. The fraction of sp³-hybridized carbons (Fsp3) is 0.350. The summed E-state index contributed by atoms with van der Waals surface area (Å²) in [6.07, 6.45) is 4.57. The third-order valence-corrected chi connectivity index (χ3v) is 5.85. The van der Waals surface area contributed by atoms with Crippen LogP contribution < -0.4 is 4.74 Å². The van der Waals surface area contributed by atoms with Crippen LogP contribution in [0, 0.1) is 0 Å². The smallest absolute Gasteiger partial charge is 0.205 e. The van der Waals surface area contributed by atoms with Crippen molar-refractivity contribution >= 4 is 0 Å². The molecule has 4 heterocycles. The van der Waals surface area contributed by atoms with E-state index in [9.17, 15) is 10.2 Å². The average Bonchev–Trinajstić information content (AvgIpc) is 3.37. The zero-order valence-electron chi connectivity index (χ0n) is 15.3. The van der Waals surface area contributed by atoms with E-state index in [-0.39, 0.29) is 11.8 Å².